The van der Waals surface area contributed by atoms with E-state index in [1.165, 1.54) is 11.1 Å². The van der Waals surface area contributed by atoms with E-state index in [2.05, 4.69) is 39.7 Å². The van der Waals surface area contributed by atoms with Gasteiger partial charge in [0.2, 0.25) is 0 Å². The summed E-state index contributed by atoms with van der Waals surface area (Å²) in [4.78, 5) is 4.30. The molecule has 2 aromatic rings. The van der Waals surface area contributed by atoms with Gasteiger partial charge in [-0.15, -0.1) is 0 Å². The minimum Gasteiger partial charge on any atom is -0.312 e. The van der Waals surface area contributed by atoms with Gasteiger partial charge in [-0.2, -0.15) is 5.10 Å². The van der Waals surface area contributed by atoms with E-state index in [4.69, 9.17) is 0 Å². The zero-order chi connectivity index (χ0) is 12.5. The maximum atomic E-state index is 4.30. The molecule has 1 aliphatic carbocycles. The van der Waals surface area contributed by atoms with Crippen LogP contribution in [0.3, 0.4) is 0 Å². The van der Waals surface area contributed by atoms with Crippen molar-refractivity contribution >= 4 is 11.8 Å². The number of benzene rings is 1. The predicted octanol–water partition coefficient (Wildman–Crippen LogP) is 1.79. The Morgan fingerprint density at radius 3 is 2.94 bits per heavy atom. The summed E-state index contributed by atoms with van der Waals surface area (Å²) in [7, 11) is 3.96. The smallest absolute Gasteiger partial charge is 0.186 e. The molecule has 1 heterocycles. The minimum absolute atomic E-state index is 0.392. The fourth-order valence-corrected chi connectivity index (χ4v) is 3.80. The Hall–Kier alpha value is -1.33. The number of thioether (sulfide) groups is 1. The molecule has 1 aromatic carbocycles. The molecule has 0 saturated heterocycles. The zero-order valence-corrected chi connectivity index (χ0v) is 11.3. The number of nitrogens with zero attached hydrogens (tertiary/aromatic N) is 3. The lowest BCUT2D eigenvalue weighted by molar-refractivity contribution is 0.598. The van der Waals surface area contributed by atoms with Gasteiger partial charge in [-0.1, -0.05) is 36.0 Å². The number of hydrogen-bond acceptors (Lipinski definition) is 4. The largest absolute Gasteiger partial charge is 0.312 e. The van der Waals surface area contributed by atoms with Crippen LogP contribution in [0.5, 0.6) is 0 Å². The first kappa shape index (κ1) is 11.7. The molecule has 0 radical (unpaired) electrons. The van der Waals surface area contributed by atoms with Crippen molar-refractivity contribution in [3.05, 3.63) is 41.7 Å². The molecule has 0 aliphatic heterocycles. The molecule has 2 atom stereocenters. The number of aryl methyl sites for hydroxylation is 1. The zero-order valence-electron chi connectivity index (χ0n) is 10.5. The molecule has 1 aromatic heterocycles. The van der Waals surface area contributed by atoms with Crippen LogP contribution >= 0.6 is 11.8 Å². The normalized spacial score (nSPS) is 22.1. The van der Waals surface area contributed by atoms with Gasteiger partial charge in [-0.3, -0.25) is 0 Å². The molecule has 94 valence electrons. The SMILES string of the molecule is CNC1c2ccccc2CC1Sc1ncnn1C. The summed E-state index contributed by atoms with van der Waals surface area (Å²) in [5, 5.41) is 9.01. The van der Waals surface area contributed by atoms with E-state index in [0.29, 0.717) is 11.3 Å². The van der Waals surface area contributed by atoms with Gasteiger partial charge in [0, 0.05) is 18.3 Å². The topological polar surface area (TPSA) is 42.7 Å². The molecule has 2 unspecified atom stereocenters. The maximum Gasteiger partial charge on any atom is 0.186 e. The molecule has 1 N–H and O–H groups in total. The van der Waals surface area contributed by atoms with E-state index in [1.807, 2.05) is 18.8 Å². The molecule has 5 heteroatoms. The minimum atomic E-state index is 0.392. The predicted molar refractivity (Wildman–Crippen MR) is 72.6 cm³/mol. The van der Waals surface area contributed by atoms with E-state index < -0.39 is 0 Å². The van der Waals surface area contributed by atoms with Crippen LogP contribution in [0.4, 0.5) is 0 Å². The molecule has 18 heavy (non-hydrogen) atoms. The third-order valence-corrected chi connectivity index (χ3v) is 4.74. The fourth-order valence-electron chi connectivity index (χ4n) is 2.54. The average molecular weight is 260 g/mol. The van der Waals surface area contributed by atoms with Crippen molar-refractivity contribution in [3.63, 3.8) is 0 Å². The van der Waals surface area contributed by atoms with Gasteiger partial charge in [0.15, 0.2) is 5.16 Å². The van der Waals surface area contributed by atoms with E-state index in [9.17, 15) is 0 Å². The van der Waals surface area contributed by atoms with E-state index >= 15 is 0 Å². The van der Waals surface area contributed by atoms with Gasteiger partial charge in [0.25, 0.3) is 0 Å². The first-order chi connectivity index (χ1) is 8.79. The Morgan fingerprint density at radius 1 is 1.39 bits per heavy atom. The molecule has 0 bridgehead atoms. The lowest BCUT2D eigenvalue weighted by atomic mass is 10.1. The first-order valence-corrected chi connectivity index (χ1v) is 6.93. The Kier molecular flexibility index (Phi) is 3.09. The van der Waals surface area contributed by atoms with Gasteiger partial charge >= 0.3 is 0 Å². The number of hydrogen-bond donors (Lipinski definition) is 1. The van der Waals surface area contributed by atoms with Crippen molar-refractivity contribution in [2.45, 2.75) is 22.9 Å². The first-order valence-electron chi connectivity index (χ1n) is 6.05. The van der Waals surface area contributed by atoms with Crippen molar-refractivity contribution in [1.29, 1.82) is 0 Å². The van der Waals surface area contributed by atoms with Crippen LogP contribution in [-0.4, -0.2) is 27.1 Å². The summed E-state index contributed by atoms with van der Waals surface area (Å²) < 4.78 is 1.83. The molecule has 0 saturated carbocycles. The van der Waals surface area contributed by atoms with Gasteiger partial charge in [-0.05, 0) is 24.6 Å². The van der Waals surface area contributed by atoms with Crippen molar-refractivity contribution in [2.75, 3.05) is 7.05 Å². The second kappa shape index (κ2) is 4.74. The van der Waals surface area contributed by atoms with Gasteiger partial charge in [0.05, 0.1) is 0 Å². The Labute approximate surface area is 111 Å². The van der Waals surface area contributed by atoms with Crippen LogP contribution in [-0.2, 0) is 13.5 Å². The number of nitrogens with one attached hydrogen (secondary N) is 1. The van der Waals surface area contributed by atoms with Crippen LogP contribution in [0.25, 0.3) is 0 Å². The van der Waals surface area contributed by atoms with Crippen molar-refractivity contribution in [2.24, 2.45) is 7.05 Å². The van der Waals surface area contributed by atoms with Crippen LogP contribution in [0.15, 0.2) is 35.7 Å². The van der Waals surface area contributed by atoms with Gasteiger partial charge in [-0.25, -0.2) is 9.67 Å². The van der Waals surface area contributed by atoms with Crippen molar-refractivity contribution < 1.29 is 0 Å². The molecule has 0 amide bonds. The third-order valence-electron chi connectivity index (χ3n) is 3.42. The third kappa shape index (κ3) is 1.93. The molecular formula is C13H16N4S. The second-order valence-corrected chi connectivity index (χ2v) is 5.70. The molecular weight excluding hydrogens is 244 g/mol. The van der Waals surface area contributed by atoms with Crippen molar-refractivity contribution in [3.8, 4) is 0 Å². The lowest BCUT2D eigenvalue weighted by Crippen LogP contribution is -2.23. The number of rotatable bonds is 3. The molecule has 4 nitrogen and oxygen atoms in total. The summed E-state index contributed by atoms with van der Waals surface area (Å²) in [5.74, 6) is 0. The fraction of sp³-hybridized carbons (Fsp3) is 0.385. The number of aromatic nitrogens is 3. The monoisotopic (exact) mass is 260 g/mol. The second-order valence-electron chi connectivity index (χ2n) is 4.49. The van der Waals surface area contributed by atoms with Gasteiger partial charge < -0.3 is 5.32 Å². The van der Waals surface area contributed by atoms with Crippen LogP contribution < -0.4 is 5.32 Å². The van der Waals surface area contributed by atoms with Crippen LogP contribution in [0, 0.1) is 0 Å². The van der Waals surface area contributed by atoms with Crippen LogP contribution in [0.1, 0.15) is 17.2 Å². The molecule has 3 rings (SSSR count). The molecule has 0 spiro atoms. The van der Waals surface area contributed by atoms with E-state index in [0.717, 1.165) is 11.6 Å². The summed E-state index contributed by atoms with van der Waals surface area (Å²) in [5.41, 5.74) is 2.86. The highest BCUT2D eigenvalue weighted by atomic mass is 32.2. The highest BCUT2D eigenvalue weighted by Gasteiger charge is 2.32. The highest BCUT2D eigenvalue weighted by Crippen LogP contribution is 2.40. The maximum absolute atomic E-state index is 4.30. The molecule has 0 fully saturated rings. The summed E-state index contributed by atoms with van der Waals surface area (Å²) >= 11 is 1.80. The lowest BCUT2D eigenvalue weighted by Gasteiger charge is -2.18. The standard InChI is InChI=1S/C13H16N4S/c1-14-12-10-6-4-3-5-9(10)7-11(12)18-13-15-8-16-17(13)2/h3-6,8,11-12,14H,7H2,1-2H3. The Bertz CT molecular complexity index is 551. The summed E-state index contributed by atoms with van der Waals surface area (Å²) in [6, 6.07) is 9.05. The number of fused-ring (bicyclic) bond motifs is 1. The Balaban J connectivity index is 1.85. The van der Waals surface area contributed by atoms with E-state index in [1.54, 1.807) is 18.1 Å². The average Bonchev–Trinajstić information content (AvgIpc) is 2.93. The van der Waals surface area contributed by atoms with E-state index in [-0.39, 0.29) is 0 Å². The molecule has 1 aliphatic rings. The Morgan fingerprint density at radius 2 is 2.22 bits per heavy atom. The highest BCUT2D eigenvalue weighted by molar-refractivity contribution is 7.99. The van der Waals surface area contributed by atoms with Gasteiger partial charge in [0.1, 0.15) is 6.33 Å². The van der Waals surface area contributed by atoms with Crippen LogP contribution in [0.2, 0.25) is 0 Å². The van der Waals surface area contributed by atoms with Crippen molar-refractivity contribution in [1.82, 2.24) is 20.1 Å². The quantitative estimate of drug-likeness (QED) is 0.913. The summed E-state index contributed by atoms with van der Waals surface area (Å²) in [6.45, 7) is 0. The summed E-state index contributed by atoms with van der Waals surface area (Å²) in [6.07, 6.45) is 2.69.